The Morgan fingerprint density at radius 1 is 1.48 bits per heavy atom. The number of benzene rings is 1. The zero-order chi connectivity index (χ0) is 13.9. The lowest BCUT2D eigenvalue weighted by molar-refractivity contribution is -0.118. The molecule has 114 valence electrons. The van der Waals surface area contributed by atoms with Gasteiger partial charge in [-0.2, -0.15) is 0 Å². The minimum atomic E-state index is -0.0994. The van der Waals surface area contributed by atoms with Crippen LogP contribution in [0.2, 0.25) is 0 Å². The van der Waals surface area contributed by atoms with E-state index in [4.69, 9.17) is 4.74 Å². The first kappa shape index (κ1) is 16.0. The standard InChI is InChI=1S/C14H17N3O2S.ClH/c1-19-10-6-4-7-11-12(10)16-14(20-11)17-13(18)9-5-2-3-8-15-9;/h4,6-7,9,15H,2-3,5,8H2,1H3,(H,16,17,18);1H. The van der Waals surface area contributed by atoms with E-state index >= 15 is 0 Å². The van der Waals surface area contributed by atoms with Crippen LogP contribution in [0.3, 0.4) is 0 Å². The highest BCUT2D eigenvalue weighted by Gasteiger charge is 2.21. The molecule has 21 heavy (non-hydrogen) atoms. The Morgan fingerprint density at radius 3 is 3.05 bits per heavy atom. The van der Waals surface area contributed by atoms with Crippen LogP contribution in [0.5, 0.6) is 5.75 Å². The van der Waals surface area contributed by atoms with Crippen molar-refractivity contribution < 1.29 is 9.53 Å². The van der Waals surface area contributed by atoms with Crippen LogP contribution in [-0.2, 0) is 4.79 Å². The van der Waals surface area contributed by atoms with Crippen molar-refractivity contribution in [3.8, 4) is 5.75 Å². The van der Waals surface area contributed by atoms with Crippen LogP contribution in [0.25, 0.3) is 10.2 Å². The molecular formula is C14H18ClN3O2S. The lowest BCUT2D eigenvalue weighted by atomic mass is 10.0. The summed E-state index contributed by atoms with van der Waals surface area (Å²) in [5, 5.41) is 6.77. The van der Waals surface area contributed by atoms with Crippen molar-refractivity contribution >= 4 is 45.0 Å². The van der Waals surface area contributed by atoms with Crippen LogP contribution in [0.4, 0.5) is 5.13 Å². The maximum absolute atomic E-state index is 12.2. The summed E-state index contributed by atoms with van der Waals surface area (Å²) in [6.07, 6.45) is 3.13. The molecule has 1 aromatic carbocycles. The predicted octanol–water partition coefficient (Wildman–Crippen LogP) is 2.81. The first-order valence-electron chi connectivity index (χ1n) is 6.76. The van der Waals surface area contributed by atoms with Gasteiger partial charge in [-0.25, -0.2) is 4.98 Å². The molecule has 1 aliphatic rings. The summed E-state index contributed by atoms with van der Waals surface area (Å²) in [5.41, 5.74) is 0.798. The Bertz CT molecular complexity index is 626. The minimum Gasteiger partial charge on any atom is -0.494 e. The number of fused-ring (bicyclic) bond motifs is 1. The van der Waals surface area contributed by atoms with Crippen molar-refractivity contribution in [3.05, 3.63) is 18.2 Å². The Hall–Kier alpha value is -1.37. The topological polar surface area (TPSA) is 63.2 Å². The Kier molecular flexibility index (Phi) is 5.39. The van der Waals surface area contributed by atoms with Crippen molar-refractivity contribution in [2.45, 2.75) is 25.3 Å². The van der Waals surface area contributed by atoms with Crippen LogP contribution in [0, 0.1) is 0 Å². The molecule has 2 N–H and O–H groups in total. The molecular weight excluding hydrogens is 310 g/mol. The minimum absolute atomic E-state index is 0. The highest BCUT2D eigenvalue weighted by molar-refractivity contribution is 7.22. The number of rotatable bonds is 3. The Morgan fingerprint density at radius 2 is 2.33 bits per heavy atom. The first-order chi connectivity index (χ1) is 9.78. The number of para-hydroxylation sites is 1. The average molecular weight is 328 g/mol. The SMILES string of the molecule is COc1cccc2sc(NC(=O)C3CCCCN3)nc12.Cl. The highest BCUT2D eigenvalue weighted by atomic mass is 35.5. The van der Waals surface area contributed by atoms with Gasteiger partial charge in [-0.05, 0) is 31.5 Å². The van der Waals surface area contributed by atoms with Gasteiger partial charge in [0.15, 0.2) is 5.13 Å². The smallest absolute Gasteiger partial charge is 0.243 e. The van der Waals surface area contributed by atoms with Gasteiger partial charge >= 0.3 is 0 Å². The molecule has 1 unspecified atom stereocenters. The number of thiazole rings is 1. The molecule has 3 rings (SSSR count). The average Bonchev–Trinajstić information content (AvgIpc) is 2.90. The molecule has 2 aromatic rings. The fourth-order valence-electron chi connectivity index (χ4n) is 2.41. The number of methoxy groups -OCH3 is 1. The molecule has 1 saturated heterocycles. The fourth-order valence-corrected chi connectivity index (χ4v) is 3.30. The van der Waals surface area contributed by atoms with Gasteiger partial charge in [-0.1, -0.05) is 23.8 Å². The second-order valence-corrected chi connectivity index (χ2v) is 5.85. The second-order valence-electron chi connectivity index (χ2n) is 4.82. The molecule has 2 heterocycles. The van der Waals surface area contributed by atoms with Crippen LogP contribution < -0.4 is 15.4 Å². The molecule has 5 nitrogen and oxygen atoms in total. The lowest BCUT2D eigenvalue weighted by Gasteiger charge is -2.21. The summed E-state index contributed by atoms with van der Waals surface area (Å²) in [4.78, 5) is 16.6. The summed E-state index contributed by atoms with van der Waals surface area (Å²) in [6.45, 7) is 0.908. The van der Waals surface area contributed by atoms with Crippen LogP contribution >= 0.6 is 23.7 Å². The van der Waals surface area contributed by atoms with E-state index in [9.17, 15) is 4.79 Å². The summed E-state index contributed by atoms with van der Waals surface area (Å²) in [6, 6.07) is 5.67. The van der Waals surface area contributed by atoms with Gasteiger partial charge in [0.2, 0.25) is 5.91 Å². The number of ether oxygens (including phenoxy) is 1. The molecule has 1 amide bonds. The summed E-state index contributed by atoms with van der Waals surface area (Å²) in [5.74, 6) is 0.734. The van der Waals surface area contributed by atoms with E-state index in [1.165, 1.54) is 11.3 Å². The maximum atomic E-state index is 12.2. The summed E-state index contributed by atoms with van der Waals surface area (Å²) < 4.78 is 6.29. The lowest BCUT2D eigenvalue weighted by Crippen LogP contribution is -2.43. The fraction of sp³-hybridized carbons (Fsp3) is 0.429. The van der Waals surface area contributed by atoms with E-state index in [0.717, 1.165) is 41.8 Å². The number of carbonyl (C=O) groups is 1. The van der Waals surface area contributed by atoms with Crippen molar-refractivity contribution in [1.29, 1.82) is 0 Å². The molecule has 1 aromatic heterocycles. The van der Waals surface area contributed by atoms with Crippen LogP contribution in [-0.4, -0.2) is 30.6 Å². The maximum Gasteiger partial charge on any atom is 0.243 e. The quantitative estimate of drug-likeness (QED) is 0.910. The van der Waals surface area contributed by atoms with Crippen molar-refractivity contribution in [3.63, 3.8) is 0 Å². The number of amides is 1. The van der Waals surface area contributed by atoms with Gasteiger partial charge in [-0.15, -0.1) is 12.4 Å². The van der Waals surface area contributed by atoms with Crippen LogP contribution in [0.15, 0.2) is 18.2 Å². The molecule has 0 radical (unpaired) electrons. The number of anilines is 1. The Balaban J connectivity index is 0.00000161. The number of hydrogen-bond acceptors (Lipinski definition) is 5. The number of halogens is 1. The van der Waals surface area contributed by atoms with E-state index in [1.807, 2.05) is 18.2 Å². The third kappa shape index (κ3) is 3.45. The third-order valence-electron chi connectivity index (χ3n) is 3.46. The van der Waals surface area contributed by atoms with Crippen molar-refractivity contribution in [1.82, 2.24) is 10.3 Å². The molecule has 0 aliphatic carbocycles. The largest absolute Gasteiger partial charge is 0.494 e. The van der Waals surface area contributed by atoms with Crippen LogP contribution in [0.1, 0.15) is 19.3 Å². The third-order valence-corrected chi connectivity index (χ3v) is 4.39. The van der Waals surface area contributed by atoms with Crippen molar-refractivity contribution in [2.24, 2.45) is 0 Å². The zero-order valence-electron chi connectivity index (χ0n) is 11.7. The van der Waals surface area contributed by atoms with E-state index < -0.39 is 0 Å². The number of carbonyl (C=O) groups excluding carboxylic acids is 1. The summed E-state index contributed by atoms with van der Waals surface area (Å²) in [7, 11) is 1.62. The van der Waals surface area contributed by atoms with E-state index in [2.05, 4.69) is 15.6 Å². The summed E-state index contributed by atoms with van der Waals surface area (Å²) >= 11 is 1.47. The molecule has 0 bridgehead atoms. The first-order valence-corrected chi connectivity index (χ1v) is 7.57. The number of aromatic nitrogens is 1. The van der Waals surface area contributed by atoms with Gasteiger partial charge in [0.25, 0.3) is 0 Å². The number of nitrogens with one attached hydrogen (secondary N) is 2. The van der Waals surface area contributed by atoms with Gasteiger partial charge in [0.05, 0.1) is 17.9 Å². The monoisotopic (exact) mass is 327 g/mol. The molecule has 0 saturated carbocycles. The zero-order valence-corrected chi connectivity index (χ0v) is 13.4. The van der Waals surface area contributed by atoms with E-state index in [1.54, 1.807) is 7.11 Å². The number of piperidine rings is 1. The van der Waals surface area contributed by atoms with Gasteiger partial charge in [0.1, 0.15) is 11.3 Å². The van der Waals surface area contributed by atoms with Gasteiger partial charge < -0.3 is 15.4 Å². The normalized spacial score (nSPS) is 18.0. The molecule has 1 aliphatic heterocycles. The van der Waals surface area contributed by atoms with E-state index in [0.29, 0.717) is 5.13 Å². The van der Waals surface area contributed by atoms with Crippen molar-refractivity contribution in [2.75, 3.05) is 19.0 Å². The van der Waals surface area contributed by atoms with Gasteiger partial charge in [-0.3, -0.25) is 4.79 Å². The molecule has 1 atom stereocenters. The number of hydrogen-bond donors (Lipinski definition) is 2. The highest BCUT2D eigenvalue weighted by Crippen LogP contribution is 2.32. The molecule has 7 heteroatoms. The molecule has 0 spiro atoms. The molecule has 1 fully saturated rings. The number of nitrogens with zero attached hydrogens (tertiary/aromatic N) is 1. The second kappa shape index (κ2) is 7.06. The predicted molar refractivity (Wildman–Crippen MR) is 87.7 cm³/mol. The Labute approximate surface area is 133 Å². The van der Waals surface area contributed by atoms with Gasteiger partial charge in [0, 0.05) is 0 Å². The van der Waals surface area contributed by atoms with E-state index in [-0.39, 0.29) is 24.4 Å².